The molecular formula is C65H61N3. The Morgan fingerprint density at radius 1 is 0.485 bits per heavy atom. The number of fused-ring (bicyclic) bond motifs is 8. The van der Waals surface area contributed by atoms with Gasteiger partial charge in [0.2, 0.25) is 0 Å². The highest BCUT2D eigenvalue weighted by molar-refractivity contribution is 6.15. The summed E-state index contributed by atoms with van der Waals surface area (Å²) in [4.78, 5) is 5.01. The summed E-state index contributed by atoms with van der Waals surface area (Å²) < 4.78 is 2.47. The fourth-order valence-electron chi connectivity index (χ4n) is 11.2. The fourth-order valence-corrected chi connectivity index (χ4v) is 11.2. The Morgan fingerprint density at radius 3 is 1.84 bits per heavy atom. The first-order valence-corrected chi connectivity index (χ1v) is 24.4. The molecule has 10 aromatic rings. The van der Waals surface area contributed by atoms with Gasteiger partial charge in [0.1, 0.15) is 0 Å². The van der Waals surface area contributed by atoms with E-state index in [0.29, 0.717) is 5.92 Å². The van der Waals surface area contributed by atoms with Gasteiger partial charge in [0, 0.05) is 50.0 Å². The summed E-state index contributed by atoms with van der Waals surface area (Å²) in [5.41, 5.74) is 22.0. The van der Waals surface area contributed by atoms with E-state index in [-0.39, 0.29) is 10.8 Å². The van der Waals surface area contributed by atoms with Crippen LogP contribution in [0.1, 0.15) is 93.3 Å². The van der Waals surface area contributed by atoms with Crippen LogP contribution < -0.4 is 9.80 Å². The molecule has 68 heavy (non-hydrogen) atoms. The summed E-state index contributed by atoms with van der Waals surface area (Å²) in [7, 11) is 0. The summed E-state index contributed by atoms with van der Waals surface area (Å²) in [6, 6.07) is 68.6. The van der Waals surface area contributed by atoms with Crippen molar-refractivity contribution in [2.75, 3.05) is 9.80 Å². The third kappa shape index (κ3) is 7.02. The second-order valence-electron chi connectivity index (χ2n) is 21.1. The Bertz CT molecular complexity index is 3560. The molecule has 0 N–H and O–H groups in total. The predicted octanol–water partition coefficient (Wildman–Crippen LogP) is 18.5. The van der Waals surface area contributed by atoms with Crippen LogP contribution in [0.25, 0.3) is 49.4 Å². The van der Waals surface area contributed by atoms with Gasteiger partial charge in [0.15, 0.2) is 0 Å². The zero-order valence-corrected chi connectivity index (χ0v) is 41.2. The van der Waals surface area contributed by atoms with Crippen molar-refractivity contribution in [3.8, 4) is 16.8 Å². The van der Waals surface area contributed by atoms with Gasteiger partial charge < -0.3 is 14.4 Å². The summed E-state index contributed by atoms with van der Waals surface area (Å²) >= 11 is 0. The molecule has 9 aromatic carbocycles. The lowest BCUT2D eigenvalue weighted by atomic mass is 9.81. The van der Waals surface area contributed by atoms with E-state index in [0.717, 1.165) is 22.7 Å². The van der Waals surface area contributed by atoms with E-state index in [1.165, 1.54) is 99.7 Å². The minimum atomic E-state index is -0.317. The Hall–Kier alpha value is -7.36. The van der Waals surface area contributed by atoms with Crippen molar-refractivity contribution in [2.24, 2.45) is 0 Å². The first-order chi connectivity index (χ1) is 32.7. The van der Waals surface area contributed by atoms with Crippen molar-refractivity contribution >= 4 is 66.7 Å². The second-order valence-corrected chi connectivity index (χ2v) is 21.1. The number of hydrogen-bond acceptors (Lipinski definition) is 2. The maximum absolute atomic E-state index is 2.53. The summed E-state index contributed by atoms with van der Waals surface area (Å²) in [5, 5.41) is 4.99. The lowest BCUT2D eigenvalue weighted by Crippen LogP contribution is -2.18. The fraction of sp³-hybridized carbons (Fsp3) is 0.200. The number of rotatable bonds is 8. The number of aromatic nitrogens is 1. The molecule has 0 aliphatic heterocycles. The van der Waals surface area contributed by atoms with Gasteiger partial charge in [-0.3, -0.25) is 0 Å². The van der Waals surface area contributed by atoms with E-state index in [4.69, 9.17) is 0 Å². The number of benzene rings is 9. The van der Waals surface area contributed by atoms with Gasteiger partial charge in [0.25, 0.3) is 0 Å². The van der Waals surface area contributed by atoms with E-state index in [1.807, 2.05) is 0 Å². The van der Waals surface area contributed by atoms with Crippen LogP contribution in [-0.2, 0) is 10.8 Å². The van der Waals surface area contributed by atoms with Crippen molar-refractivity contribution in [1.29, 1.82) is 0 Å². The number of para-hydroxylation sites is 3. The van der Waals surface area contributed by atoms with Gasteiger partial charge in [-0.25, -0.2) is 0 Å². The molecular weight excluding hydrogens is 823 g/mol. The molecule has 336 valence electrons. The highest BCUT2D eigenvalue weighted by atomic mass is 15.2. The van der Waals surface area contributed by atoms with Gasteiger partial charge in [-0.05, 0) is 160 Å². The van der Waals surface area contributed by atoms with Crippen molar-refractivity contribution in [1.82, 2.24) is 4.57 Å². The van der Waals surface area contributed by atoms with Crippen molar-refractivity contribution in [3.63, 3.8) is 0 Å². The molecule has 1 aromatic heterocycles. The van der Waals surface area contributed by atoms with E-state index < -0.39 is 0 Å². The van der Waals surface area contributed by atoms with Crippen molar-refractivity contribution in [3.05, 3.63) is 221 Å². The molecule has 0 spiro atoms. The molecule has 0 amide bonds. The van der Waals surface area contributed by atoms with Crippen LogP contribution in [0.5, 0.6) is 0 Å². The maximum atomic E-state index is 2.53. The van der Waals surface area contributed by atoms with Gasteiger partial charge in [-0.1, -0.05) is 158 Å². The molecule has 11 rings (SSSR count). The van der Waals surface area contributed by atoms with Crippen LogP contribution in [0.4, 0.5) is 34.1 Å². The molecule has 0 bridgehead atoms. The summed E-state index contributed by atoms with van der Waals surface area (Å²) in [6.45, 7) is 23.0. The standard InChI is InChI=1S/C65H61N3/c1-41(2)45-27-34-58(44(5)38-45)67(50-36-42(3)35-43(4)37-50)61-40-57-62(53-23-15-14-21-51(53)61)55-33-32-49(39-56(55)65(57,9)10)66(47-19-12-11-13-20-47)60-26-18-24-54-52-22-16-17-25-59(52)68(63(54)60)48-30-28-46(29-31-48)64(6,7)8/h11-41H,1-10H3. The second kappa shape index (κ2) is 16.2. The third-order valence-electron chi connectivity index (χ3n) is 14.7. The number of hydrogen-bond donors (Lipinski definition) is 0. The van der Waals surface area contributed by atoms with Gasteiger partial charge in [0.05, 0.1) is 22.4 Å². The Labute approximate surface area is 402 Å². The minimum Gasteiger partial charge on any atom is -0.310 e. The van der Waals surface area contributed by atoms with Crippen molar-refractivity contribution < 1.29 is 0 Å². The Balaban J connectivity index is 1.13. The van der Waals surface area contributed by atoms with Crippen LogP contribution >= 0.6 is 0 Å². The Morgan fingerprint density at radius 2 is 1.15 bits per heavy atom. The number of aryl methyl sites for hydroxylation is 3. The maximum Gasteiger partial charge on any atom is 0.0782 e. The van der Waals surface area contributed by atoms with E-state index in [9.17, 15) is 0 Å². The Kier molecular flexibility index (Phi) is 10.3. The highest BCUT2D eigenvalue weighted by Crippen LogP contribution is 2.56. The molecule has 1 aliphatic rings. The number of anilines is 6. The van der Waals surface area contributed by atoms with Gasteiger partial charge >= 0.3 is 0 Å². The highest BCUT2D eigenvalue weighted by Gasteiger charge is 2.39. The van der Waals surface area contributed by atoms with Crippen molar-refractivity contribution in [2.45, 2.75) is 86.0 Å². The lowest BCUT2D eigenvalue weighted by molar-refractivity contribution is 0.590. The zero-order valence-electron chi connectivity index (χ0n) is 41.2. The topological polar surface area (TPSA) is 11.4 Å². The van der Waals surface area contributed by atoms with Crippen LogP contribution in [-0.4, -0.2) is 4.57 Å². The van der Waals surface area contributed by atoms with E-state index >= 15 is 0 Å². The molecule has 0 unspecified atom stereocenters. The normalized spacial score (nSPS) is 13.1. The SMILES string of the molecule is Cc1cc(C)cc(N(c2ccc(C(C)C)cc2C)c2cc3c(c4ccccc24)-c2ccc(N(c4ccccc4)c4cccc5c6ccccc6n(-c6ccc(C(C)(C)C)cc6)c45)cc2C3(C)C)c1. The quantitative estimate of drug-likeness (QED) is 0.151. The third-order valence-corrected chi connectivity index (χ3v) is 14.7. The molecule has 0 fully saturated rings. The largest absolute Gasteiger partial charge is 0.310 e. The molecule has 0 radical (unpaired) electrons. The molecule has 0 saturated carbocycles. The number of nitrogens with zero attached hydrogens (tertiary/aromatic N) is 3. The predicted molar refractivity (Wildman–Crippen MR) is 292 cm³/mol. The molecule has 1 heterocycles. The van der Waals surface area contributed by atoms with Gasteiger partial charge in [-0.2, -0.15) is 0 Å². The molecule has 0 atom stereocenters. The smallest absolute Gasteiger partial charge is 0.0782 e. The first-order valence-electron chi connectivity index (χ1n) is 24.4. The van der Waals surface area contributed by atoms with Crippen LogP contribution in [0, 0.1) is 20.8 Å². The molecule has 0 saturated heterocycles. The van der Waals surface area contributed by atoms with Gasteiger partial charge in [-0.15, -0.1) is 0 Å². The molecule has 3 nitrogen and oxygen atoms in total. The monoisotopic (exact) mass is 883 g/mol. The van der Waals surface area contributed by atoms with E-state index in [2.05, 4.69) is 266 Å². The zero-order chi connectivity index (χ0) is 47.2. The summed E-state index contributed by atoms with van der Waals surface area (Å²) in [5.74, 6) is 0.448. The minimum absolute atomic E-state index is 0.0572. The molecule has 3 heteroatoms. The molecule has 1 aliphatic carbocycles. The van der Waals surface area contributed by atoms with E-state index in [1.54, 1.807) is 0 Å². The average molecular weight is 884 g/mol. The average Bonchev–Trinajstić information content (AvgIpc) is 3.78. The van der Waals surface area contributed by atoms with Crippen LogP contribution in [0.3, 0.4) is 0 Å². The lowest BCUT2D eigenvalue weighted by Gasteiger charge is -2.31. The van der Waals surface area contributed by atoms with Crippen LogP contribution in [0.15, 0.2) is 182 Å². The van der Waals surface area contributed by atoms with Crippen LogP contribution in [0.2, 0.25) is 0 Å². The first kappa shape index (κ1) is 43.2. The summed E-state index contributed by atoms with van der Waals surface area (Å²) in [6.07, 6.45) is 0.